The average molecular weight is 297 g/mol. The molecular formula is C16H12FN3O2. The zero-order chi connectivity index (χ0) is 16.3. The van der Waals surface area contributed by atoms with Crippen molar-refractivity contribution in [1.82, 2.24) is 4.98 Å². The van der Waals surface area contributed by atoms with Gasteiger partial charge in [0.05, 0.1) is 19.4 Å². The summed E-state index contributed by atoms with van der Waals surface area (Å²) in [5.74, 6) is -1.49. The largest absolute Gasteiger partial charge is 0.464 e. The first kappa shape index (κ1) is 15.2. The van der Waals surface area contributed by atoms with E-state index in [4.69, 9.17) is 12.3 Å². The fraction of sp³-hybridized carbons (Fsp3) is 0.0625. The van der Waals surface area contributed by atoms with Gasteiger partial charge in [0.15, 0.2) is 17.2 Å². The molecular weight excluding hydrogens is 285 g/mol. The molecule has 1 aromatic heterocycles. The first-order valence-electron chi connectivity index (χ1n) is 6.21. The highest BCUT2D eigenvalue weighted by Gasteiger charge is 2.22. The number of halogens is 1. The highest BCUT2D eigenvalue weighted by molar-refractivity contribution is 5.95. The number of esters is 1. The Hall–Kier alpha value is -3.20. The van der Waals surface area contributed by atoms with E-state index in [1.54, 1.807) is 0 Å². The third-order valence-corrected chi connectivity index (χ3v) is 3.07. The molecule has 2 rings (SSSR count). The van der Waals surface area contributed by atoms with Crippen molar-refractivity contribution >= 4 is 23.4 Å². The van der Waals surface area contributed by atoms with Crippen LogP contribution in [0.2, 0.25) is 0 Å². The third-order valence-electron chi connectivity index (χ3n) is 3.07. The Morgan fingerprint density at radius 1 is 1.45 bits per heavy atom. The number of nitrogens with zero attached hydrogens (tertiary/aromatic N) is 2. The molecule has 0 aliphatic heterocycles. The van der Waals surface area contributed by atoms with Gasteiger partial charge in [-0.25, -0.2) is 19.0 Å². The third kappa shape index (κ3) is 2.52. The molecule has 1 heterocycles. The van der Waals surface area contributed by atoms with Gasteiger partial charge in [-0.2, -0.15) is 0 Å². The lowest BCUT2D eigenvalue weighted by Gasteiger charge is -2.12. The molecule has 0 amide bonds. The average Bonchev–Trinajstić information content (AvgIpc) is 2.56. The SMILES string of the molecule is [C-]#[N+]c1ccc(-c2nc(C(=O)OC)c(C=C)c(N)c2F)cc1. The van der Waals surface area contributed by atoms with Gasteiger partial charge in [0.2, 0.25) is 0 Å². The van der Waals surface area contributed by atoms with Gasteiger partial charge in [0, 0.05) is 11.1 Å². The topological polar surface area (TPSA) is 69.6 Å². The summed E-state index contributed by atoms with van der Waals surface area (Å²) in [4.78, 5) is 19.1. The van der Waals surface area contributed by atoms with Crippen LogP contribution in [0.1, 0.15) is 16.1 Å². The van der Waals surface area contributed by atoms with E-state index < -0.39 is 11.8 Å². The van der Waals surface area contributed by atoms with Crippen LogP contribution in [0, 0.1) is 12.4 Å². The van der Waals surface area contributed by atoms with Crippen molar-refractivity contribution in [1.29, 1.82) is 0 Å². The number of ether oxygens (including phenoxy) is 1. The molecule has 0 fully saturated rings. The monoisotopic (exact) mass is 297 g/mol. The molecule has 0 saturated heterocycles. The van der Waals surface area contributed by atoms with Crippen molar-refractivity contribution in [2.75, 3.05) is 12.8 Å². The van der Waals surface area contributed by atoms with Gasteiger partial charge in [-0.3, -0.25) is 0 Å². The van der Waals surface area contributed by atoms with Crippen molar-refractivity contribution in [2.24, 2.45) is 0 Å². The lowest BCUT2D eigenvalue weighted by molar-refractivity contribution is 0.0594. The number of carbonyl (C=O) groups excluding carboxylic acids is 1. The quantitative estimate of drug-likeness (QED) is 0.696. The normalized spacial score (nSPS) is 9.86. The fourth-order valence-electron chi connectivity index (χ4n) is 1.94. The number of hydrogen-bond donors (Lipinski definition) is 1. The second kappa shape index (κ2) is 6.06. The molecule has 0 aliphatic rings. The predicted molar refractivity (Wildman–Crippen MR) is 81.7 cm³/mol. The minimum atomic E-state index is -0.752. The maximum absolute atomic E-state index is 14.4. The van der Waals surface area contributed by atoms with E-state index in [0.29, 0.717) is 11.3 Å². The highest BCUT2D eigenvalue weighted by Crippen LogP contribution is 2.30. The minimum absolute atomic E-state index is 0.0833. The molecule has 0 radical (unpaired) electrons. The molecule has 5 nitrogen and oxygen atoms in total. The zero-order valence-corrected chi connectivity index (χ0v) is 11.8. The summed E-state index contributed by atoms with van der Waals surface area (Å²) in [6.07, 6.45) is 1.25. The molecule has 110 valence electrons. The molecule has 2 aromatic rings. The Morgan fingerprint density at radius 2 is 2.09 bits per heavy atom. The Labute approximate surface area is 126 Å². The van der Waals surface area contributed by atoms with E-state index in [2.05, 4.69) is 21.1 Å². The molecule has 0 spiro atoms. The van der Waals surface area contributed by atoms with Crippen LogP contribution >= 0.6 is 0 Å². The molecule has 0 bridgehead atoms. The Bertz CT molecular complexity index is 793. The first-order valence-corrected chi connectivity index (χ1v) is 6.21. The van der Waals surface area contributed by atoms with Crippen LogP contribution in [0.15, 0.2) is 30.8 Å². The molecule has 0 unspecified atom stereocenters. The van der Waals surface area contributed by atoms with Crippen molar-refractivity contribution in [3.63, 3.8) is 0 Å². The minimum Gasteiger partial charge on any atom is -0.464 e. The Balaban J connectivity index is 2.70. The zero-order valence-electron chi connectivity index (χ0n) is 11.8. The fourth-order valence-corrected chi connectivity index (χ4v) is 1.94. The smallest absolute Gasteiger partial charge is 0.357 e. The standard InChI is InChI=1S/C16H12FN3O2/c1-4-11-13(18)12(17)14(20-15(11)16(21)22-3)9-5-7-10(19-2)8-6-9/h4-8H,1H2,3H3,(H2,18,20). The van der Waals surface area contributed by atoms with E-state index in [0.717, 1.165) is 0 Å². The molecule has 22 heavy (non-hydrogen) atoms. The number of pyridine rings is 1. The summed E-state index contributed by atoms with van der Waals surface area (Å²) in [5, 5.41) is 0. The van der Waals surface area contributed by atoms with Gasteiger partial charge in [-0.1, -0.05) is 36.9 Å². The van der Waals surface area contributed by atoms with Crippen LogP contribution in [0.5, 0.6) is 0 Å². The van der Waals surface area contributed by atoms with E-state index in [9.17, 15) is 9.18 Å². The number of aromatic nitrogens is 1. The number of hydrogen-bond acceptors (Lipinski definition) is 4. The van der Waals surface area contributed by atoms with E-state index in [1.807, 2.05) is 0 Å². The van der Waals surface area contributed by atoms with Crippen LogP contribution < -0.4 is 5.73 Å². The number of carbonyl (C=O) groups is 1. The summed E-state index contributed by atoms with van der Waals surface area (Å²) < 4.78 is 19.1. The van der Waals surface area contributed by atoms with E-state index >= 15 is 0 Å². The van der Waals surface area contributed by atoms with Gasteiger partial charge in [-0.15, -0.1) is 0 Å². The number of anilines is 1. The summed E-state index contributed by atoms with van der Waals surface area (Å²) in [6, 6.07) is 6.12. The highest BCUT2D eigenvalue weighted by atomic mass is 19.1. The number of rotatable bonds is 3. The molecule has 0 aliphatic carbocycles. The van der Waals surface area contributed by atoms with Gasteiger partial charge < -0.3 is 10.5 Å². The predicted octanol–water partition coefficient (Wildman–Crippen LogP) is 3.45. The number of nitrogen functional groups attached to an aromatic ring is 1. The molecule has 6 heteroatoms. The van der Waals surface area contributed by atoms with Gasteiger partial charge in [0.1, 0.15) is 5.69 Å². The second-order valence-electron chi connectivity index (χ2n) is 4.30. The lowest BCUT2D eigenvalue weighted by atomic mass is 10.0. The van der Waals surface area contributed by atoms with Crippen molar-refractivity contribution in [3.05, 3.63) is 59.3 Å². The first-order chi connectivity index (χ1) is 10.5. The lowest BCUT2D eigenvalue weighted by Crippen LogP contribution is -2.12. The van der Waals surface area contributed by atoms with Crippen molar-refractivity contribution < 1.29 is 13.9 Å². The van der Waals surface area contributed by atoms with Gasteiger partial charge in [-0.05, 0) is 0 Å². The van der Waals surface area contributed by atoms with Gasteiger partial charge in [0.25, 0.3) is 0 Å². The van der Waals surface area contributed by atoms with Crippen LogP contribution in [0.25, 0.3) is 22.2 Å². The second-order valence-corrected chi connectivity index (χ2v) is 4.30. The summed E-state index contributed by atoms with van der Waals surface area (Å²) in [7, 11) is 1.20. The van der Waals surface area contributed by atoms with Crippen LogP contribution in [0.3, 0.4) is 0 Å². The molecule has 2 N–H and O–H groups in total. The van der Waals surface area contributed by atoms with Gasteiger partial charge >= 0.3 is 5.97 Å². The van der Waals surface area contributed by atoms with Crippen LogP contribution in [-0.2, 0) is 4.74 Å². The van der Waals surface area contributed by atoms with Crippen LogP contribution in [-0.4, -0.2) is 18.1 Å². The number of methoxy groups -OCH3 is 1. The summed E-state index contributed by atoms with van der Waals surface area (Å²) in [6.45, 7) is 10.4. The Morgan fingerprint density at radius 3 is 2.59 bits per heavy atom. The van der Waals surface area contributed by atoms with E-state index in [1.165, 1.54) is 37.5 Å². The number of nitrogens with two attached hydrogens (primary N) is 1. The molecule has 1 aromatic carbocycles. The van der Waals surface area contributed by atoms with Crippen molar-refractivity contribution in [2.45, 2.75) is 0 Å². The number of benzene rings is 1. The molecule has 0 saturated carbocycles. The maximum atomic E-state index is 14.4. The summed E-state index contributed by atoms with van der Waals surface area (Å²) >= 11 is 0. The van der Waals surface area contributed by atoms with Crippen molar-refractivity contribution in [3.8, 4) is 11.3 Å². The maximum Gasteiger partial charge on any atom is 0.357 e. The summed E-state index contributed by atoms with van der Waals surface area (Å²) in [5.41, 5.74) is 6.22. The van der Waals surface area contributed by atoms with E-state index in [-0.39, 0.29) is 22.6 Å². The molecule has 0 atom stereocenters. The Kier molecular flexibility index (Phi) is 4.18. The van der Waals surface area contributed by atoms with Crippen LogP contribution in [0.4, 0.5) is 15.8 Å².